The number of carbonyl (C=O) groups is 1. The number of allylic oxidation sites excluding steroid dienone is 2. The van der Waals surface area contributed by atoms with Crippen LogP contribution in [0.25, 0.3) is 0 Å². The van der Waals surface area contributed by atoms with Gasteiger partial charge in [-0.15, -0.1) is 0 Å². The molecule has 0 aromatic carbocycles. The first-order valence-electron chi connectivity index (χ1n) is 3.46. The molecule has 0 spiro atoms. The quantitative estimate of drug-likeness (QED) is 0.505. The van der Waals surface area contributed by atoms with Crippen LogP contribution in [-0.4, -0.2) is 18.3 Å². The molecule has 3 heteroatoms. The zero-order valence-electron chi connectivity index (χ0n) is 6.65. The molecule has 0 saturated heterocycles. The average Bonchev–Trinajstić information content (AvgIpc) is 2.53. The summed E-state index contributed by atoms with van der Waals surface area (Å²) in [6, 6.07) is 0. The van der Waals surface area contributed by atoms with Gasteiger partial charge < -0.3 is 4.74 Å². The van der Waals surface area contributed by atoms with Gasteiger partial charge in [0, 0.05) is 0 Å². The van der Waals surface area contributed by atoms with Crippen molar-refractivity contribution >= 4 is 16.9 Å². The van der Waals surface area contributed by atoms with Gasteiger partial charge in [-0.25, -0.2) is 10.9 Å². The summed E-state index contributed by atoms with van der Waals surface area (Å²) in [6.07, 6.45) is 3.95. The summed E-state index contributed by atoms with van der Waals surface area (Å²) in [4.78, 5) is 11.0. The summed E-state index contributed by atoms with van der Waals surface area (Å²) in [5.74, 6) is -0.118. The molecule has 11 heavy (non-hydrogen) atoms. The van der Waals surface area contributed by atoms with Crippen LogP contribution < -0.4 is 0 Å². The van der Waals surface area contributed by atoms with E-state index in [0.717, 1.165) is 0 Å². The number of thiol groups is 1. The van der Waals surface area contributed by atoms with E-state index in [9.17, 15) is 4.79 Å². The lowest BCUT2D eigenvalue weighted by atomic mass is 10.5. The predicted molar refractivity (Wildman–Crippen MR) is 48.7 cm³/mol. The molecule has 0 aromatic heterocycles. The fraction of sp³-hybridized carbons (Fsp3) is 0.375. The summed E-state index contributed by atoms with van der Waals surface area (Å²) in [5, 5.41) is 4.14. The van der Waals surface area contributed by atoms with Crippen molar-refractivity contribution in [1.82, 2.24) is 0 Å². The minimum absolute atomic E-state index is 0.00463. The molecule has 1 rings (SSSR count). The lowest BCUT2D eigenvalue weighted by Gasteiger charge is -2.16. The van der Waals surface area contributed by atoms with Crippen LogP contribution in [0, 0.1) is 0 Å². The third-order valence-electron chi connectivity index (χ3n) is 1.62. The van der Waals surface area contributed by atoms with E-state index in [2.05, 4.69) is 15.6 Å². The molecule has 62 valence electrons. The highest BCUT2D eigenvalue weighted by molar-refractivity contribution is 8.23. The van der Waals surface area contributed by atoms with Gasteiger partial charge in [0.25, 0.3) is 0 Å². The molecule has 1 unspecified atom stereocenters. The molecule has 2 nitrogen and oxygen atoms in total. The van der Waals surface area contributed by atoms with Crippen molar-refractivity contribution < 1.29 is 9.53 Å². The molecule has 0 N–H and O–H groups in total. The molecule has 0 bridgehead atoms. The van der Waals surface area contributed by atoms with Crippen molar-refractivity contribution in [3.05, 3.63) is 23.0 Å². The molecule has 1 aliphatic rings. The maximum absolute atomic E-state index is 11.0. The summed E-state index contributed by atoms with van der Waals surface area (Å²) in [7, 11) is 1.04. The molecule has 1 atom stereocenters. The van der Waals surface area contributed by atoms with E-state index in [4.69, 9.17) is 0 Å². The fourth-order valence-corrected chi connectivity index (χ4v) is 2.46. The van der Waals surface area contributed by atoms with Crippen LogP contribution in [-0.2, 0) is 9.53 Å². The van der Waals surface area contributed by atoms with Crippen molar-refractivity contribution in [2.24, 2.45) is 0 Å². The second kappa shape index (κ2) is 3.62. The third-order valence-corrected chi connectivity index (χ3v) is 3.76. The Morgan fingerprint density at radius 2 is 2.00 bits per heavy atom. The Kier molecular flexibility index (Phi) is 2.76. The smallest absolute Gasteiger partial charge is 0.317 e. The first kappa shape index (κ1) is 8.40. The first-order valence-corrected chi connectivity index (χ1v) is 5.01. The number of rotatable bonds is 2. The van der Waals surface area contributed by atoms with E-state index in [0.29, 0.717) is 0 Å². The van der Waals surface area contributed by atoms with Crippen molar-refractivity contribution in [2.75, 3.05) is 7.11 Å². The third kappa shape index (κ3) is 1.87. The van der Waals surface area contributed by atoms with E-state index >= 15 is 0 Å². The Morgan fingerprint density at radius 3 is 2.45 bits per heavy atom. The summed E-state index contributed by atoms with van der Waals surface area (Å²) >= 11 is 0. The van der Waals surface area contributed by atoms with Gasteiger partial charge in [-0.2, -0.15) is 0 Å². The van der Waals surface area contributed by atoms with Crippen LogP contribution in [0.15, 0.2) is 23.0 Å². The zero-order valence-corrected chi connectivity index (χ0v) is 7.54. The molecular formula is C8H12O2S. The van der Waals surface area contributed by atoms with Crippen LogP contribution in [0.2, 0.25) is 0 Å². The Hall–Kier alpha value is -0.700. The van der Waals surface area contributed by atoms with E-state index in [1.165, 1.54) is 7.11 Å². The zero-order chi connectivity index (χ0) is 8.27. The van der Waals surface area contributed by atoms with Crippen LogP contribution in [0.3, 0.4) is 0 Å². The second-order valence-corrected chi connectivity index (χ2v) is 4.59. The summed E-state index contributed by atoms with van der Waals surface area (Å²) < 4.78 is 4.63. The van der Waals surface area contributed by atoms with Gasteiger partial charge in [0.2, 0.25) is 0 Å². The van der Waals surface area contributed by atoms with Crippen LogP contribution >= 0.6 is 10.9 Å². The topological polar surface area (TPSA) is 26.3 Å². The van der Waals surface area contributed by atoms with E-state index in [-0.39, 0.29) is 22.1 Å². The molecule has 0 amide bonds. The van der Waals surface area contributed by atoms with Gasteiger partial charge in [-0.3, -0.25) is 4.79 Å². The van der Waals surface area contributed by atoms with E-state index < -0.39 is 0 Å². The summed E-state index contributed by atoms with van der Waals surface area (Å²) in [5.41, 5.74) is 0. The highest BCUT2D eigenvalue weighted by Crippen LogP contribution is 2.38. The van der Waals surface area contributed by atoms with E-state index in [1.807, 2.05) is 19.1 Å². The normalized spacial score (nSPS) is 20.4. The number of methoxy groups -OCH3 is 1. The largest absolute Gasteiger partial charge is 0.468 e. The van der Waals surface area contributed by atoms with Crippen molar-refractivity contribution in [3.8, 4) is 0 Å². The number of esters is 1. The van der Waals surface area contributed by atoms with Gasteiger partial charge >= 0.3 is 5.97 Å². The lowest BCUT2D eigenvalue weighted by Crippen LogP contribution is -2.16. The maximum Gasteiger partial charge on any atom is 0.317 e. The van der Waals surface area contributed by atoms with Crippen molar-refractivity contribution in [1.29, 1.82) is 0 Å². The number of ether oxygens (including phenoxy) is 1. The number of hydrogen-bond donors (Lipinski definition) is 1. The predicted octanol–water partition coefficient (Wildman–Crippen LogP) is 1.59. The lowest BCUT2D eigenvalue weighted by molar-refractivity contribution is -0.139. The second-order valence-electron chi connectivity index (χ2n) is 2.33. The monoisotopic (exact) mass is 172 g/mol. The standard InChI is InChI=1S/C8H12O2S/c1-7(8(9)10-2)11-5-3-4-6-11/h3-7,11H,1-2H3. The molecule has 0 saturated carbocycles. The van der Waals surface area contributed by atoms with Gasteiger partial charge in [-0.1, -0.05) is 12.2 Å². The van der Waals surface area contributed by atoms with Gasteiger partial charge in [0.05, 0.1) is 12.4 Å². The molecule has 0 fully saturated rings. The molecule has 1 heterocycles. The van der Waals surface area contributed by atoms with Crippen LogP contribution in [0.4, 0.5) is 0 Å². The SMILES string of the molecule is COC(=O)C(C)[SH]1C=CC=C1. The Labute approximate surface area is 69.3 Å². The number of carbonyl (C=O) groups excluding carboxylic acids is 1. The highest BCUT2D eigenvalue weighted by atomic mass is 32.2. The first-order chi connectivity index (χ1) is 5.25. The summed E-state index contributed by atoms with van der Waals surface area (Å²) in [6.45, 7) is 1.90. The Morgan fingerprint density at radius 1 is 1.45 bits per heavy atom. The Bertz CT molecular complexity index is 196. The minimum Gasteiger partial charge on any atom is -0.468 e. The molecular weight excluding hydrogens is 160 g/mol. The van der Waals surface area contributed by atoms with E-state index in [1.54, 1.807) is 0 Å². The van der Waals surface area contributed by atoms with Gasteiger partial charge in [0.1, 0.15) is 0 Å². The van der Waals surface area contributed by atoms with Crippen LogP contribution in [0.1, 0.15) is 6.92 Å². The number of hydrogen-bond acceptors (Lipinski definition) is 2. The van der Waals surface area contributed by atoms with Crippen molar-refractivity contribution in [2.45, 2.75) is 12.2 Å². The fourth-order valence-electron chi connectivity index (χ4n) is 0.898. The van der Waals surface area contributed by atoms with Crippen LogP contribution in [0.5, 0.6) is 0 Å². The van der Waals surface area contributed by atoms with Crippen molar-refractivity contribution in [3.63, 3.8) is 0 Å². The average molecular weight is 172 g/mol. The van der Waals surface area contributed by atoms with Gasteiger partial charge in [-0.05, 0) is 17.7 Å². The highest BCUT2D eigenvalue weighted by Gasteiger charge is 2.18. The molecule has 0 aromatic rings. The molecule has 1 aliphatic heterocycles. The maximum atomic E-state index is 11.0. The Balaban J connectivity index is 2.53. The minimum atomic E-state index is -0.387. The van der Waals surface area contributed by atoms with Gasteiger partial charge in [0.15, 0.2) is 0 Å². The molecule has 0 aliphatic carbocycles. The molecule has 0 radical (unpaired) electrons.